The Bertz CT molecular complexity index is 1190. The van der Waals surface area contributed by atoms with Crippen molar-refractivity contribution < 1.29 is 14.0 Å². The fourth-order valence-electron chi connectivity index (χ4n) is 2.98. The van der Waals surface area contributed by atoms with E-state index in [-0.39, 0.29) is 17.6 Å². The van der Waals surface area contributed by atoms with Gasteiger partial charge in [-0.1, -0.05) is 36.4 Å². The van der Waals surface area contributed by atoms with E-state index in [1.165, 1.54) is 12.3 Å². The van der Waals surface area contributed by atoms with Crippen molar-refractivity contribution in [3.05, 3.63) is 102 Å². The molecular weight excluding hydrogens is 378 g/mol. The molecule has 2 amide bonds. The highest BCUT2D eigenvalue weighted by molar-refractivity contribution is 6.02. The summed E-state index contributed by atoms with van der Waals surface area (Å²) in [4.78, 5) is 28.5. The minimum Gasteiger partial charge on any atom is -0.459 e. The Labute approximate surface area is 173 Å². The van der Waals surface area contributed by atoms with E-state index < -0.39 is 0 Å². The van der Waals surface area contributed by atoms with E-state index in [1.54, 1.807) is 36.5 Å². The van der Waals surface area contributed by atoms with Gasteiger partial charge in [0.25, 0.3) is 5.91 Å². The molecule has 0 radical (unpaired) electrons. The Kier molecular flexibility index (Phi) is 5.66. The fraction of sp³-hybridized carbons (Fsp3) is 0.0417. The van der Waals surface area contributed by atoms with Crippen LogP contribution in [0.3, 0.4) is 0 Å². The first-order valence-electron chi connectivity index (χ1n) is 9.42. The number of para-hydroxylation sites is 1. The maximum Gasteiger partial charge on any atom is 0.291 e. The highest BCUT2D eigenvalue weighted by Crippen LogP contribution is 2.17. The van der Waals surface area contributed by atoms with Crippen LogP contribution in [0.1, 0.15) is 21.7 Å². The number of furan rings is 1. The smallest absolute Gasteiger partial charge is 0.291 e. The molecule has 0 fully saturated rings. The van der Waals surface area contributed by atoms with Crippen molar-refractivity contribution in [2.24, 2.45) is 0 Å². The van der Waals surface area contributed by atoms with Crippen LogP contribution in [0.5, 0.6) is 0 Å². The normalized spacial score (nSPS) is 10.9. The molecule has 0 aliphatic carbocycles. The molecule has 30 heavy (non-hydrogen) atoms. The van der Waals surface area contributed by atoms with Crippen LogP contribution in [-0.4, -0.2) is 16.8 Å². The van der Waals surface area contributed by atoms with Crippen LogP contribution in [0.2, 0.25) is 0 Å². The Hall–Kier alpha value is -4.19. The Morgan fingerprint density at radius 3 is 2.60 bits per heavy atom. The zero-order valence-corrected chi connectivity index (χ0v) is 16.0. The summed E-state index contributed by atoms with van der Waals surface area (Å²) in [6.45, 7) is 0.378. The molecule has 6 heteroatoms. The van der Waals surface area contributed by atoms with E-state index in [0.717, 1.165) is 22.0 Å². The highest BCUT2D eigenvalue weighted by Gasteiger charge is 2.08. The molecule has 0 atom stereocenters. The minimum absolute atomic E-state index is 0.196. The van der Waals surface area contributed by atoms with Crippen molar-refractivity contribution in [3.8, 4) is 0 Å². The van der Waals surface area contributed by atoms with Crippen LogP contribution in [0.15, 0.2) is 89.7 Å². The lowest BCUT2D eigenvalue weighted by Gasteiger charge is -2.06. The van der Waals surface area contributed by atoms with Crippen LogP contribution < -0.4 is 10.6 Å². The zero-order chi connectivity index (χ0) is 20.8. The number of amides is 2. The van der Waals surface area contributed by atoms with Crippen LogP contribution in [0, 0.1) is 0 Å². The molecule has 2 aromatic carbocycles. The number of hydrogen-bond acceptors (Lipinski definition) is 4. The van der Waals surface area contributed by atoms with Crippen LogP contribution in [-0.2, 0) is 11.3 Å². The Morgan fingerprint density at radius 2 is 1.80 bits per heavy atom. The third-order valence-corrected chi connectivity index (χ3v) is 4.50. The summed E-state index contributed by atoms with van der Waals surface area (Å²) in [5.74, 6) is -0.258. The first kappa shape index (κ1) is 19.1. The SMILES string of the molecule is O=C(/C=C/c1cccc2cccnc12)NCc1ccc(NC(=O)c2ccco2)cc1. The first-order chi connectivity index (χ1) is 14.7. The molecule has 0 spiro atoms. The average Bonchev–Trinajstić information content (AvgIpc) is 3.32. The van der Waals surface area contributed by atoms with Crippen LogP contribution in [0.4, 0.5) is 5.69 Å². The number of rotatable bonds is 6. The minimum atomic E-state index is -0.311. The van der Waals surface area contributed by atoms with Gasteiger partial charge in [0.1, 0.15) is 0 Å². The van der Waals surface area contributed by atoms with E-state index in [9.17, 15) is 9.59 Å². The van der Waals surface area contributed by atoms with Gasteiger partial charge in [-0.2, -0.15) is 0 Å². The summed E-state index contributed by atoms with van der Waals surface area (Å²) in [6, 6.07) is 20.2. The number of anilines is 1. The second-order valence-corrected chi connectivity index (χ2v) is 6.60. The summed E-state index contributed by atoms with van der Waals surface area (Å²) in [5, 5.41) is 6.63. The van der Waals surface area contributed by atoms with Gasteiger partial charge in [0.15, 0.2) is 5.76 Å². The van der Waals surface area contributed by atoms with E-state index in [1.807, 2.05) is 42.5 Å². The second kappa shape index (κ2) is 8.87. The third-order valence-electron chi connectivity index (χ3n) is 4.50. The molecule has 2 aromatic heterocycles. The van der Waals surface area contributed by atoms with Crippen molar-refractivity contribution in [1.82, 2.24) is 10.3 Å². The molecule has 0 unspecified atom stereocenters. The van der Waals surface area contributed by atoms with Crippen molar-refractivity contribution >= 4 is 34.5 Å². The summed E-state index contributed by atoms with van der Waals surface area (Å²) < 4.78 is 5.06. The molecule has 0 saturated heterocycles. The zero-order valence-electron chi connectivity index (χ0n) is 16.0. The number of fused-ring (bicyclic) bond motifs is 1. The van der Waals surface area contributed by atoms with E-state index in [0.29, 0.717) is 12.2 Å². The van der Waals surface area contributed by atoms with E-state index in [4.69, 9.17) is 4.42 Å². The summed E-state index contributed by atoms with van der Waals surface area (Å²) in [5.41, 5.74) is 3.31. The summed E-state index contributed by atoms with van der Waals surface area (Å²) in [7, 11) is 0. The maximum absolute atomic E-state index is 12.2. The molecule has 4 aromatic rings. The number of carbonyl (C=O) groups excluding carboxylic acids is 2. The molecule has 148 valence electrons. The summed E-state index contributed by atoms with van der Waals surface area (Å²) in [6.07, 6.45) is 6.45. The molecule has 0 aliphatic rings. The largest absolute Gasteiger partial charge is 0.459 e. The number of nitrogens with zero attached hydrogens (tertiary/aromatic N) is 1. The predicted octanol–water partition coefficient (Wildman–Crippen LogP) is 4.41. The quantitative estimate of drug-likeness (QED) is 0.472. The molecule has 0 bridgehead atoms. The average molecular weight is 397 g/mol. The van der Waals surface area contributed by atoms with Gasteiger partial charge in [-0.25, -0.2) is 0 Å². The van der Waals surface area contributed by atoms with Crippen molar-refractivity contribution in [2.75, 3.05) is 5.32 Å². The fourth-order valence-corrected chi connectivity index (χ4v) is 2.98. The summed E-state index contributed by atoms with van der Waals surface area (Å²) >= 11 is 0. The number of benzene rings is 2. The maximum atomic E-state index is 12.2. The predicted molar refractivity (Wildman–Crippen MR) is 116 cm³/mol. The van der Waals surface area contributed by atoms with Gasteiger partial charge in [0, 0.05) is 35.5 Å². The van der Waals surface area contributed by atoms with Crippen molar-refractivity contribution in [3.63, 3.8) is 0 Å². The number of aromatic nitrogens is 1. The molecule has 4 rings (SSSR count). The molecule has 2 heterocycles. The van der Waals surface area contributed by atoms with Gasteiger partial charge < -0.3 is 15.1 Å². The van der Waals surface area contributed by atoms with Crippen molar-refractivity contribution in [2.45, 2.75) is 6.54 Å². The molecule has 2 N–H and O–H groups in total. The van der Waals surface area contributed by atoms with Gasteiger partial charge in [0.05, 0.1) is 11.8 Å². The monoisotopic (exact) mass is 397 g/mol. The second-order valence-electron chi connectivity index (χ2n) is 6.60. The Morgan fingerprint density at radius 1 is 0.967 bits per heavy atom. The number of hydrogen-bond donors (Lipinski definition) is 2. The number of pyridine rings is 1. The van der Waals surface area contributed by atoms with Crippen molar-refractivity contribution in [1.29, 1.82) is 0 Å². The number of carbonyl (C=O) groups is 2. The number of nitrogens with one attached hydrogen (secondary N) is 2. The lowest BCUT2D eigenvalue weighted by Crippen LogP contribution is -2.20. The Balaban J connectivity index is 1.32. The molecular formula is C24H19N3O3. The highest BCUT2D eigenvalue weighted by atomic mass is 16.3. The van der Waals surface area contributed by atoms with Gasteiger partial charge in [-0.15, -0.1) is 0 Å². The molecule has 0 aliphatic heterocycles. The van der Waals surface area contributed by atoms with Gasteiger partial charge in [0.2, 0.25) is 5.91 Å². The van der Waals surface area contributed by atoms with E-state index >= 15 is 0 Å². The van der Waals surface area contributed by atoms with E-state index in [2.05, 4.69) is 15.6 Å². The van der Waals surface area contributed by atoms with Gasteiger partial charge in [-0.3, -0.25) is 14.6 Å². The third kappa shape index (κ3) is 4.62. The van der Waals surface area contributed by atoms with Crippen LogP contribution >= 0.6 is 0 Å². The lowest BCUT2D eigenvalue weighted by atomic mass is 10.1. The molecule has 6 nitrogen and oxygen atoms in total. The molecule has 0 saturated carbocycles. The topological polar surface area (TPSA) is 84.2 Å². The first-order valence-corrected chi connectivity index (χ1v) is 9.42. The standard InChI is InChI=1S/C24H19N3O3/c28-22(13-10-19-5-1-4-18-6-2-14-25-23(18)19)26-16-17-8-11-20(12-9-17)27-24(29)21-7-3-15-30-21/h1-15H,16H2,(H,26,28)(H,27,29)/b13-10+. The lowest BCUT2D eigenvalue weighted by molar-refractivity contribution is -0.116. The van der Waals surface area contributed by atoms with Gasteiger partial charge >= 0.3 is 0 Å². The van der Waals surface area contributed by atoms with Gasteiger partial charge in [-0.05, 0) is 42.0 Å². The van der Waals surface area contributed by atoms with Crippen LogP contribution in [0.25, 0.3) is 17.0 Å².